The second-order valence-electron chi connectivity index (χ2n) is 11.1. The summed E-state index contributed by atoms with van der Waals surface area (Å²) in [7, 11) is 4.19. The standard InChI is InChI=1S/C28H46N4O2/c1-30(2)14-3-19-34-27-8-6-24(7-9-27)21-31-15-10-25(11-16-31)26-12-17-32(18-13-26)22-28(33)29-20-23-4-5-23/h6-9,23,25-26H,3-5,10-22H2,1-2H3,(H,29,33). The molecule has 1 aliphatic carbocycles. The van der Waals surface area contributed by atoms with Crippen LogP contribution in [0.25, 0.3) is 0 Å². The van der Waals surface area contributed by atoms with Crippen LogP contribution in [0.2, 0.25) is 0 Å². The molecule has 0 aromatic heterocycles. The third kappa shape index (κ3) is 8.54. The molecule has 3 aliphatic rings. The van der Waals surface area contributed by atoms with Crippen LogP contribution in [0.15, 0.2) is 24.3 Å². The Labute approximate surface area is 207 Å². The van der Waals surface area contributed by atoms with Crippen molar-refractivity contribution in [1.29, 1.82) is 0 Å². The first-order chi connectivity index (χ1) is 16.5. The summed E-state index contributed by atoms with van der Waals surface area (Å²) in [6.07, 6.45) is 8.80. The molecule has 4 rings (SSSR count). The number of benzene rings is 1. The highest BCUT2D eigenvalue weighted by Gasteiger charge is 2.30. The molecule has 6 nitrogen and oxygen atoms in total. The number of nitrogens with zero attached hydrogens (tertiary/aromatic N) is 3. The van der Waals surface area contributed by atoms with Gasteiger partial charge in [0.25, 0.3) is 0 Å². The molecular weight excluding hydrogens is 424 g/mol. The smallest absolute Gasteiger partial charge is 0.234 e. The lowest BCUT2D eigenvalue weighted by molar-refractivity contribution is -0.122. The van der Waals surface area contributed by atoms with Crippen LogP contribution in [-0.4, -0.2) is 87.1 Å². The van der Waals surface area contributed by atoms with Gasteiger partial charge in [0.2, 0.25) is 5.91 Å². The summed E-state index contributed by atoms with van der Waals surface area (Å²) in [6, 6.07) is 8.70. The number of carbonyl (C=O) groups is 1. The van der Waals surface area contributed by atoms with E-state index in [9.17, 15) is 4.79 Å². The van der Waals surface area contributed by atoms with Crippen LogP contribution in [0.3, 0.4) is 0 Å². The van der Waals surface area contributed by atoms with Gasteiger partial charge in [-0.25, -0.2) is 0 Å². The molecule has 2 aliphatic heterocycles. The molecule has 0 spiro atoms. The predicted molar refractivity (Wildman–Crippen MR) is 138 cm³/mol. The SMILES string of the molecule is CN(C)CCCOc1ccc(CN2CCC(C3CCN(CC(=O)NCC4CC4)CC3)CC2)cc1. The van der Waals surface area contributed by atoms with Gasteiger partial charge >= 0.3 is 0 Å². The maximum atomic E-state index is 12.1. The van der Waals surface area contributed by atoms with Crippen molar-refractivity contribution in [2.24, 2.45) is 17.8 Å². The average Bonchev–Trinajstić information content (AvgIpc) is 3.67. The van der Waals surface area contributed by atoms with Gasteiger partial charge < -0.3 is 15.0 Å². The van der Waals surface area contributed by atoms with Crippen molar-refractivity contribution < 1.29 is 9.53 Å². The lowest BCUT2D eigenvalue weighted by Crippen LogP contribution is -2.44. The summed E-state index contributed by atoms with van der Waals surface area (Å²) in [5.74, 6) is 3.67. The van der Waals surface area contributed by atoms with E-state index < -0.39 is 0 Å². The largest absolute Gasteiger partial charge is 0.494 e. The molecular formula is C28H46N4O2. The molecule has 3 fully saturated rings. The van der Waals surface area contributed by atoms with Crippen LogP contribution in [0, 0.1) is 17.8 Å². The highest BCUT2D eigenvalue weighted by atomic mass is 16.5. The molecule has 0 bridgehead atoms. The van der Waals surface area contributed by atoms with E-state index in [1.54, 1.807) is 0 Å². The molecule has 34 heavy (non-hydrogen) atoms. The Morgan fingerprint density at radius 2 is 1.56 bits per heavy atom. The summed E-state index contributed by atoms with van der Waals surface area (Å²) in [5.41, 5.74) is 1.38. The van der Waals surface area contributed by atoms with Gasteiger partial charge in [-0.15, -0.1) is 0 Å². The van der Waals surface area contributed by atoms with E-state index >= 15 is 0 Å². The lowest BCUT2D eigenvalue weighted by Gasteiger charge is -2.40. The van der Waals surface area contributed by atoms with E-state index in [1.165, 1.54) is 57.2 Å². The molecule has 1 N–H and O–H groups in total. The fraction of sp³-hybridized carbons (Fsp3) is 0.750. The Bertz CT molecular complexity index is 733. The summed E-state index contributed by atoms with van der Waals surface area (Å²) in [5, 5.41) is 3.11. The maximum Gasteiger partial charge on any atom is 0.234 e. The van der Waals surface area contributed by atoms with Crippen LogP contribution >= 0.6 is 0 Å². The number of rotatable bonds is 12. The number of carbonyl (C=O) groups excluding carboxylic acids is 1. The summed E-state index contributed by atoms with van der Waals surface area (Å²) in [4.78, 5) is 19.3. The van der Waals surface area contributed by atoms with Crippen molar-refractivity contribution in [2.45, 2.75) is 51.5 Å². The van der Waals surface area contributed by atoms with E-state index in [4.69, 9.17) is 4.74 Å². The molecule has 0 unspecified atom stereocenters. The van der Waals surface area contributed by atoms with E-state index in [0.717, 1.165) is 69.3 Å². The normalized spacial score (nSPS) is 21.1. The number of hydrogen-bond acceptors (Lipinski definition) is 5. The van der Waals surface area contributed by atoms with Crippen LogP contribution in [-0.2, 0) is 11.3 Å². The summed E-state index contributed by atoms with van der Waals surface area (Å²) in [6.45, 7) is 8.95. The molecule has 2 heterocycles. The number of amides is 1. The highest BCUT2D eigenvalue weighted by Crippen LogP contribution is 2.33. The molecule has 1 aromatic carbocycles. The zero-order chi connectivity index (χ0) is 23.8. The Hall–Kier alpha value is -1.63. The molecule has 0 radical (unpaired) electrons. The average molecular weight is 471 g/mol. The van der Waals surface area contributed by atoms with Gasteiger partial charge in [0.15, 0.2) is 0 Å². The number of piperidine rings is 2. The van der Waals surface area contributed by atoms with Gasteiger partial charge in [-0.1, -0.05) is 12.1 Å². The first-order valence-electron chi connectivity index (χ1n) is 13.6. The fourth-order valence-electron chi connectivity index (χ4n) is 5.52. The number of hydrogen-bond donors (Lipinski definition) is 1. The van der Waals surface area contributed by atoms with E-state index in [-0.39, 0.29) is 5.91 Å². The fourth-order valence-corrected chi connectivity index (χ4v) is 5.52. The number of ether oxygens (including phenoxy) is 1. The lowest BCUT2D eigenvalue weighted by atomic mass is 9.78. The zero-order valence-electron chi connectivity index (χ0n) is 21.5. The van der Waals surface area contributed by atoms with Crippen molar-refractivity contribution in [3.05, 3.63) is 29.8 Å². The first kappa shape index (κ1) is 25.5. The van der Waals surface area contributed by atoms with Crippen molar-refractivity contribution in [1.82, 2.24) is 20.0 Å². The Kier molecular flexibility index (Phi) is 9.66. The Balaban J connectivity index is 1.09. The van der Waals surface area contributed by atoms with Crippen LogP contribution in [0.1, 0.15) is 50.5 Å². The van der Waals surface area contributed by atoms with Gasteiger partial charge in [-0.05, 0) is 121 Å². The minimum Gasteiger partial charge on any atom is -0.494 e. The highest BCUT2D eigenvalue weighted by molar-refractivity contribution is 5.78. The minimum atomic E-state index is 0.225. The number of nitrogens with one attached hydrogen (secondary N) is 1. The summed E-state index contributed by atoms with van der Waals surface area (Å²) >= 11 is 0. The third-order valence-electron chi connectivity index (χ3n) is 7.93. The topological polar surface area (TPSA) is 48.1 Å². The maximum absolute atomic E-state index is 12.1. The molecule has 0 atom stereocenters. The molecule has 190 valence electrons. The van der Waals surface area contributed by atoms with Crippen molar-refractivity contribution in [2.75, 3.05) is 66.5 Å². The van der Waals surface area contributed by atoms with Crippen LogP contribution in [0.5, 0.6) is 5.75 Å². The van der Waals surface area contributed by atoms with Crippen LogP contribution < -0.4 is 10.1 Å². The van der Waals surface area contributed by atoms with Gasteiger partial charge in [-0.2, -0.15) is 0 Å². The van der Waals surface area contributed by atoms with E-state index in [1.807, 2.05) is 0 Å². The predicted octanol–water partition coefficient (Wildman–Crippen LogP) is 3.47. The van der Waals surface area contributed by atoms with Gasteiger partial charge in [0.05, 0.1) is 13.2 Å². The Morgan fingerprint density at radius 1 is 0.941 bits per heavy atom. The monoisotopic (exact) mass is 470 g/mol. The van der Waals surface area contributed by atoms with E-state index in [0.29, 0.717) is 6.54 Å². The van der Waals surface area contributed by atoms with Crippen molar-refractivity contribution in [3.8, 4) is 5.75 Å². The quantitative estimate of drug-likeness (QED) is 0.474. The minimum absolute atomic E-state index is 0.225. The molecule has 1 aromatic rings. The van der Waals surface area contributed by atoms with E-state index in [2.05, 4.69) is 58.4 Å². The second-order valence-corrected chi connectivity index (χ2v) is 11.1. The number of likely N-dealkylation sites (tertiary alicyclic amines) is 2. The molecule has 1 amide bonds. The molecule has 6 heteroatoms. The summed E-state index contributed by atoms with van der Waals surface area (Å²) < 4.78 is 5.87. The van der Waals surface area contributed by atoms with Crippen molar-refractivity contribution >= 4 is 5.91 Å². The second kappa shape index (κ2) is 12.9. The van der Waals surface area contributed by atoms with Gasteiger partial charge in [0, 0.05) is 19.6 Å². The first-order valence-corrected chi connectivity index (χ1v) is 13.6. The molecule has 2 saturated heterocycles. The zero-order valence-corrected chi connectivity index (χ0v) is 21.5. The molecule has 1 saturated carbocycles. The third-order valence-corrected chi connectivity index (χ3v) is 7.93. The van der Waals surface area contributed by atoms with Crippen LogP contribution in [0.4, 0.5) is 0 Å². The Morgan fingerprint density at radius 3 is 2.15 bits per heavy atom. The van der Waals surface area contributed by atoms with Gasteiger partial charge in [-0.3, -0.25) is 14.6 Å². The van der Waals surface area contributed by atoms with Crippen molar-refractivity contribution in [3.63, 3.8) is 0 Å². The van der Waals surface area contributed by atoms with Gasteiger partial charge in [0.1, 0.15) is 5.75 Å².